The van der Waals surface area contributed by atoms with Crippen LogP contribution in [-0.4, -0.2) is 48.7 Å². The Morgan fingerprint density at radius 3 is 2.58 bits per heavy atom. The number of hydrogen-bond donors (Lipinski definition) is 0. The van der Waals surface area contributed by atoms with Gasteiger partial charge in [-0.3, -0.25) is 19.2 Å². The van der Waals surface area contributed by atoms with Crippen LogP contribution >= 0.6 is 0 Å². The summed E-state index contributed by atoms with van der Waals surface area (Å²) in [5.74, 6) is -2.52. The zero-order valence-corrected chi connectivity index (χ0v) is 20.0. The standard InChI is InChI=1S/C25H33NO7/c1-6-19(27)26(4)17-11-16(22(29)31-5)24(2)9-7-15-23(30)33-18(14-8-10-32-13-14)12-25(15,3)21(24)20(17)28/h8,10,13,15-18,21H,6-7,9,11-12H2,1-5H3/t15-,16-,17+,18+,21-,24-,25-/m0/s1. The maximum atomic E-state index is 14.1. The largest absolute Gasteiger partial charge is 0.472 e. The van der Waals surface area contributed by atoms with Gasteiger partial charge in [0.2, 0.25) is 5.91 Å². The van der Waals surface area contributed by atoms with Crippen molar-refractivity contribution in [1.29, 1.82) is 0 Å². The number of methoxy groups -OCH3 is 1. The molecule has 0 aromatic carbocycles. The summed E-state index contributed by atoms with van der Waals surface area (Å²) in [6, 6.07) is 1.03. The molecule has 33 heavy (non-hydrogen) atoms. The van der Waals surface area contributed by atoms with Crippen LogP contribution in [0.15, 0.2) is 23.0 Å². The van der Waals surface area contributed by atoms with Crippen LogP contribution in [0.2, 0.25) is 0 Å². The van der Waals surface area contributed by atoms with Crippen LogP contribution in [0.3, 0.4) is 0 Å². The number of furan rings is 1. The zero-order chi connectivity index (χ0) is 24.1. The van der Waals surface area contributed by atoms with E-state index in [9.17, 15) is 19.2 Å². The molecule has 1 aromatic rings. The maximum absolute atomic E-state index is 14.1. The van der Waals surface area contributed by atoms with Crippen LogP contribution < -0.4 is 0 Å². The topological polar surface area (TPSA) is 103 Å². The van der Waals surface area contributed by atoms with Crippen LogP contribution in [0, 0.1) is 28.6 Å². The van der Waals surface area contributed by atoms with Crippen LogP contribution in [0.1, 0.15) is 64.5 Å². The molecule has 1 amide bonds. The predicted octanol–water partition coefficient (Wildman–Crippen LogP) is 3.31. The first kappa shape index (κ1) is 23.5. The Hall–Kier alpha value is -2.64. The number of Topliss-reactive ketones (excluding diaryl/α,β-unsaturated/α-hetero) is 1. The van der Waals surface area contributed by atoms with E-state index in [1.165, 1.54) is 18.3 Å². The number of fused-ring (bicyclic) bond motifs is 3. The fourth-order valence-electron chi connectivity index (χ4n) is 6.94. The third-order valence-corrected chi connectivity index (χ3v) is 8.69. The minimum Gasteiger partial charge on any atom is -0.472 e. The summed E-state index contributed by atoms with van der Waals surface area (Å²) in [6.07, 6.45) is 4.57. The Bertz CT molecular complexity index is 956. The van der Waals surface area contributed by atoms with Crippen LogP contribution in [-0.2, 0) is 28.7 Å². The van der Waals surface area contributed by atoms with Gasteiger partial charge in [0.25, 0.3) is 0 Å². The summed E-state index contributed by atoms with van der Waals surface area (Å²) in [7, 11) is 2.98. The monoisotopic (exact) mass is 459 g/mol. The number of amides is 1. The van der Waals surface area contributed by atoms with Gasteiger partial charge in [-0.2, -0.15) is 0 Å². The molecule has 1 aromatic heterocycles. The Morgan fingerprint density at radius 1 is 1.24 bits per heavy atom. The molecule has 0 radical (unpaired) electrons. The summed E-state index contributed by atoms with van der Waals surface area (Å²) in [6.45, 7) is 5.70. The Morgan fingerprint density at radius 2 is 1.97 bits per heavy atom. The molecule has 0 bridgehead atoms. The number of nitrogens with zero attached hydrogens (tertiary/aromatic N) is 1. The predicted molar refractivity (Wildman–Crippen MR) is 117 cm³/mol. The van der Waals surface area contributed by atoms with Crippen molar-refractivity contribution >= 4 is 23.6 Å². The molecule has 0 unspecified atom stereocenters. The van der Waals surface area contributed by atoms with Crippen molar-refractivity contribution in [3.63, 3.8) is 0 Å². The molecule has 0 N–H and O–H groups in total. The number of carbonyl (C=O) groups is 4. The lowest BCUT2D eigenvalue weighted by Crippen LogP contribution is -2.66. The molecule has 180 valence electrons. The highest BCUT2D eigenvalue weighted by Crippen LogP contribution is 2.65. The molecule has 8 heteroatoms. The highest BCUT2D eigenvalue weighted by Gasteiger charge is 2.67. The molecule has 2 aliphatic carbocycles. The fraction of sp³-hybridized carbons (Fsp3) is 0.680. The maximum Gasteiger partial charge on any atom is 0.310 e. The quantitative estimate of drug-likeness (QED) is 0.637. The smallest absolute Gasteiger partial charge is 0.310 e. The number of likely N-dealkylation sites (N-methyl/N-ethyl adjacent to an activating group) is 1. The number of hydrogen-bond acceptors (Lipinski definition) is 7. The van der Waals surface area contributed by atoms with E-state index in [1.807, 2.05) is 13.8 Å². The summed E-state index contributed by atoms with van der Waals surface area (Å²) >= 11 is 0. The van der Waals surface area contributed by atoms with E-state index < -0.39 is 40.7 Å². The third-order valence-electron chi connectivity index (χ3n) is 8.69. The van der Waals surface area contributed by atoms with Gasteiger partial charge in [0.05, 0.1) is 37.5 Å². The second-order valence-corrected chi connectivity index (χ2v) is 10.3. The van der Waals surface area contributed by atoms with Gasteiger partial charge in [-0.05, 0) is 42.6 Å². The van der Waals surface area contributed by atoms with Gasteiger partial charge in [-0.1, -0.05) is 20.8 Å². The third kappa shape index (κ3) is 3.49. The van der Waals surface area contributed by atoms with Gasteiger partial charge in [-0.15, -0.1) is 0 Å². The average molecular weight is 460 g/mol. The minimum atomic E-state index is -0.736. The van der Waals surface area contributed by atoms with Crippen molar-refractivity contribution in [2.75, 3.05) is 14.2 Å². The van der Waals surface area contributed by atoms with Crippen LogP contribution in [0.5, 0.6) is 0 Å². The number of rotatable bonds is 4. The first-order chi connectivity index (χ1) is 15.6. The lowest BCUT2D eigenvalue weighted by Gasteiger charge is -2.61. The lowest BCUT2D eigenvalue weighted by molar-refractivity contribution is -0.206. The van der Waals surface area contributed by atoms with E-state index in [0.29, 0.717) is 19.3 Å². The molecular weight excluding hydrogens is 426 g/mol. The lowest BCUT2D eigenvalue weighted by atomic mass is 9.42. The van der Waals surface area contributed by atoms with Crippen molar-refractivity contribution in [1.82, 2.24) is 4.90 Å². The molecule has 0 spiro atoms. The van der Waals surface area contributed by atoms with Crippen molar-refractivity contribution < 1.29 is 33.1 Å². The summed E-state index contributed by atoms with van der Waals surface area (Å²) in [5, 5.41) is 0. The number of esters is 2. The molecule has 2 saturated carbocycles. The summed E-state index contributed by atoms with van der Waals surface area (Å²) in [4.78, 5) is 54.3. The Labute approximate surface area is 194 Å². The number of ketones is 1. The molecule has 1 saturated heterocycles. The highest BCUT2D eigenvalue weighted by atomic mass is 16.5. The van der Waals surface area contributed by atoms with E-state index in [0.717, 1.165) is 5.56 Å². The van der Waals surface area contributed by atoms with Gasteiger partial charge in [0.15, 0.2) is 5.78 Å². The summed E-state index contributed by atoms with van der Waals surface area (Å²) < 4.78 is 16.1. The van der Waals surface area contributed by atoms with E-state index in [1.54, 1.807) is 26.3 Å². The second kappa shape index (κ2) is 8.29. The van der Waals surface area contributed by atoms with Gasteiger partial charge >= 0.3 is 11.9 Å². The Kier molecular flexibility index (Phi) is 5.91. The average Bonchev–Trinajstić information content (AvgIpc) is 3.32. The number of carbonyl (C=O) groups excluding carboxylic acids is 4. The van der Waals surface area contributed by atoms with Crippen LogP contribution in [0.4, 0.5) is 0 Å². The Balaban J connectivity index is 1.81. The van der Waals surface area contributed by atoms with Gasteiger partial charge in [-0.25, -0.2) is 0 Å². The minimum absolute atomic E-state index is 0.0743. The van der Waals surface area contributed by atoms with E-state index in [4.69, 9.17) is 13.9 Å². The molecule has 7 atom stereocenters. The van der Waals surface area contributed by atoms with E-state index in [-0.39, 0.29) is 36.5 Å². The second-order valence-electron chi connectivity index (χ2n) is 10.3. The van der Waals surface area contributed by atoms with Crippen molar-refractivity contribution in [3.8, 4) is 0 Å². The summed E-state index contributed by atoms with van der Waals surface area (Å²) in [5.41, 5.74) is -0.666. The molecule has 3 fully saturated rings. The first-order valence-electron chi connectivity index (χ1n) is 11.7. The molecule has 1 aliphatic heterocycles. The zero-order valence-electron chi connectivity index (χ0n) is 20.0. The van der Waals surface area contributed by atoms with Crippen molar-refractivity contribution in [2.24, 2.45) is 28.6 Å². The van der Waals surface area contributed by atoms with Gasteiger partial charge < -0.3 is 18.8 Å². The molecule has 3 aliphatic rings. The van der Waals surface area contributed by atoms with Gasteiger partial charge in [0.1, 0.15) is 6.10 Å². The fourth-order valence-corrected chi connectivity index (χ4v) is 6.94. The van der Waals surface area contributed by atoms with E-state index in [2.05, 4.69) is 0 Å². The molecule has 2 heterocycles. The highest BCUT2D eigenvalue weighted by molar-refractivity contribution is 5.95. The number of ether oxygens (including phenoxy) is 2. The molecular formula is C25H33NO7. The number of cyclic esters (lactones) is 1. The van der Waals surface area contributed by atoms with Crippen molar-refractivity contribution in [3.05, 3.63) is 24.2 Å². The molecule has 4 rings (SSSR count). The van der Waals surface area contributed by atoms with Gasteiger partial charge in [0, 0.05) is 24.9 Å². The molecule has 8 nitrogen and oxygen atoms in total. The normalized spacial score (nSPS) is 38.0. The first-order valence-corrected chi connectivity index (χ1v) is 11.7. The van der Waals surface area contributed by atoms with E-state index >= 15 is 0 Å². The van der Waals surface area contributed by atoms with Crippen LogP contribution in [0.25, 0.3) is 0 Å². The van der Waals surface area contributed by atoms with Crippen molar-refractivity contribution in [2.45, 2.75) is 65.0 Å². The SMILES string of the molecule is CCC(=O)N(C)[C@@H]1C[C@@H](C(=O)OC)[C@]2(C)CC[C@H]3C(=O)O[C@@H](c4ccoc4)C[C@]3(C)[C@H]2C1=O.